The van der Waals surface area contributed by atoms with Crippen molar-refractivity contribution >= 4 is 10.0 Å². The smallest absolute Gasteiger partial charge is 0.247 e. The lowest BCUT2D eigenvalue weighted by Crippen LogP contribution is -2.44. The SMILES string of the molecule is CCN(C1CCCC1CN)S(=O)(=O)c1ccccc1OC. The summed E-state index contributed by atoms with van der Waals surface area (Å²) in [4.78, 5) is 0.233. The van der Waals surface area contributed by atoms with Crippen LogP contribution in [0.5, 0.6) is 5.75 Å². The van der Waals surface area contributed by atoms with Crippen LogP contribution in [0.4, 0.5) is 0 Å². The van der Waals surface area contributed by atoms with Crippen molar-refractivity contribution in [1.82, 2.24) is 4.31 Å². The van der Waals surface area contributed by atoms with Crippen molar-refractivity contribution in [3.05, 3.63) is 24.3 Å². The van der Waals surface area contributed by atoms with Gasteiger partial charge in [-0.25, -0.2) is 8.42 Å². The fourth-order valence-corrected chi connectivity index (χ4v) is 5.10. The second-order valence-corrected chi connectivity index (χ2v) is 7.21. The fraction of sp³-hybridized carbons (Fsp3) is 0.600. The van der Waals surface area contributed by atoms with Crippen molar-refractivity contribution in [2.45, 2.75) is 37.1 Å². The molecule has 0 aliphatic heterocycles. The number of benzene rings is 1. The summed E-state index contributed by atoms with van der Waals surface area (Å²) < 4.78 is 32.8. The van der Waals surface area contributed by atoms with Crippen molar-refractivity contribution in [3.63, 3.8) is 0 Å². The van der Waals surface area contributed by atoms with E-state index in [2.05, 4.69) is 0 Å². The van der Waals surface area contributed by atoms with E-state index in [0.29, 0.717) is 18.8 Å². The molecule has 1 saturated carbocycles. The lowest BCUT2D eigenvalue weighted by molar-refractivity contribution is 0.275. The van der Waals surface area contributed by atoms with Gasteiger partial charge in [0.1, 0.15) is 10.6 Å². The molecule has 1 aliphatic rings. The van der Waals surface area contributed by atoms with Crippen LogP contribution in [0.2, 0.25) is 0 Å². The predicted octanol–water partition coefficient (Wildman–Crippen LogP) is 1.83. The molecular weight excluding hydrogens is 288 g/mol. The Bertz CT molecular complexity index is 574. The average molecular weight is 312 g/mol. The first-order valence-electron chi connectivity index (χ1n) is 7.41. The quantitative estimate of drug-likeness (QED) is 0.870. The van der Waals surface area contributed by atoms with E-state index in [9.17, 15) is 8.42 Å². The van der Waals surface area contributed by atoms with Crippen LogP contribution in [0.15, 0.2) is 29.2 Å². The predicted molar refractivity (Wildman–Crippen MR) is 82.7 cm³/mol. The molecule has 2 atom stereocenters. The van der Waals surface area contributed by atoms with Crippen LogP contribution in [0.25, 0.3) is 0 Å². The Kier molecular flexibility index (Phi) is 5.24. The molecule has 5 nitrogen and oxygen atoms in total. The molecule has 118 valence electrons. The lowest BCUT2D eigenvalue weighted by atomic mass is 10.0. The van der Waals surface area contributed by atoms with Crippen LogP contribution in [0, 0.1) is 5.92 Å². The number of rotatable bonds is 6. The van der Waals surface area contributed by atoms with E-state index in [0.717, 1.165) is 19.3 Å². The largest absolute Gasteiger partial charge is 0.495 e. The summed E-state index contributed by atoms with van der Waals surface area (Å²) in [6.45, 7) is 2.85. The van der Waals surface area contributed by atoms with Gasteiger partial charge < -0.3 is 10.5 Å². The Morgan fingerprint density at radius 2 is 2.05 bits per heavy atom. The molecule has 2 rings (SSSR count). The molecule has 21 heavy (non-hydrogen) atoms. The number of nitrogens with two attached hydrogens (primary N) is 1. The normalized spacial score (nSPS) is 22.7. The maximum atomic E-state index is 13.0. The van der Waals surface area contributed by atoms with Crippen LogP contribution in [-0.4, -0.2) is 39.0 Å². The number of sulfonamides is 1. The summed E-state index contributed by atoms with van der Waals surface area (Å²) in [6.07, 6.45) is 2.91. The van der Waals surface area contributed by atoms with Gasteiger partial charge in [0, 0.05) is 12.6 Å². The highest BCUT2D eigenvalue weighted by atomic mass is 32.2. The van der Waals surface area contributed by atoms with E-state index >= 15 is 0 Å². The lowest BCUT2D eigenvalue weighted by Gasteiger charge is -2.31. The van der Waals surface area contributed by atoms with Gasteiger partial charge in [-0.3, -0.25) is 0 Å². The molecule has 0 spiro atoms. The first kappa shape index (κ1) is 16.3. The molecule has 0 saturated heterocycles. The number of hydrogen-bond acceptors (Lipinski definition) is 4. The average Bonchev–Trinajstić information content (AvgIpc) is 2.95. The minimum atomic E-state index is -3.57. The van der Waals surface area contributed by atoms with Gasteiger partial charge in [-0.2, -0.15) is 4.31 Å². The van der Waals surface area contributed by atoms with Crippen molar-refractivity contribution in [2.24, 2.45) is 11.7 Å². The second-order valence-electron chi connectivity index (χ2n) is 5.35. The van der Waals surface area contributed by atoms with E-state index in [1.165, 1.54) is 7.11 Å². The summed E-state index contributed by atoms with van der Waals surface area (Å²) in [5.74, 6) is 0.632. The molecule has 0 heterocycles. The molecule has 1 aliphatic carbocycles. The molecule has 1 fully saturated rings. The summed E-state index contributed by atoms with van der Waals surface area (Å²) >= 11 is 0. The Morgan fingerprint density at radius 1 is 1.33 bits per heavy atom. The molecule has 0 aromatic heterocycles. The Hall–Kier alpha value is -1.11. The van der Waals surface area contributed by atoms with E-state index < -0.39 is 10.0 Å². The number of nitrogens with zero attached hydrogens (tertiary/aromatic N) is 1. The number of para-hydroxylation sites is 1. The van der Waals surface area contributed by atoms with Crippen LogP contribution in [0.3, 0.4) is 0 Å². The zero-order chi connectivity index (χ0) is 15.5. The standard InChI is InChI=1S/C15H24N2O3S/c1-3-17(13-8-6-7-12(13)11-16)21(18,19)15-10-5-4-9-14(15)20-2/h4-5,9-10,12-13H,3,6-8,11,16H2,1-2H3. The summed E-state index contributed by atoms with van der Waals surface area (Å²) in [7, 11) is -2.08. The third-order valence-electron chi connectivity index (χ3n) is 4.26. The van der Waals surface area contributed by atoms with Crippen LogP contribution >= 0.6 is 0 Å². The van der Waals surface area contributed by atoms with Gasteiger partial charge in [0.2, 0.25) is 10.0 Å². The van der Waals surface area contributed by atoms with Gasteiger partial charge >= 0.3 is 0 Å². The third kappa shape index (κ3) is 3.07. The Labute approximate surface area is 127 Å². The van der Waals surface area contributed by atoms with Gasteiger partial charge in [0.15, 0.2) is 0 Å². The van der Waals surface area contributed by atoms with E-state index in [1.54, 1.807) is 28.6 Å². The highest BCUT2D eigenvalue weighted by Gasteiger charge is 2.38. The first-order chi connectivity index (χ1) is 10.1. The molecule has 2 N–H and O–H groups in total. The van der Waals surface area contributed by atoms with Gasteiger partial charge in [0.05, 0.1) is 7.11 Å². The van der Waals surface area contributed by atoms with Crippen LogP contribution in [-0.2, 0) is 10.0 Å². The van der Waals surface area contributed by atoms with E-state index in [4.69, 9.17) is 10.5 Å². The Balaban J connectivity index is 2.40. The number of methoxy groups -OCH3 is 1. The highest BCUT2D eigenvalue weighted by molar-refractivity contribution is 7.89. The molecule has 6 heteroatoms. The van der Waals surface area contributed by atoms with Crippen molar-refractivity contribution in [3.8, 4) is 5.75 Å². The zero-order valence-electron chi connectivity index (χ0n) is 12.7. The molecule has 0 radical (unpaired) electrons. The molecule has 0 bridgehead atoms. The fourth-order valence-electron chi connectivity index (χ4n) is 3.21. The maximum Gasteiger partial charge on any atom is 0.247 e. The van der Waals surface area contributed by atoms with E-state index in [-0.39, 0.29) is 16.9 Å². The molecular formula is C15H24N2O3S. The van der Waals surface area contributed by atoms with Crippen molar-refractivity contribution in [1.29, 1.82) is 0 Å². The minimum absolute atomic E-state index is 0.00471. The zero-order valence-corrected chi connectivity index (χ0v) is 13.5. The highest BCUT2D eigenvalue weighted by Crippen LogP contribution is 2.34. The molecule has 2 unspecified atom stereocenters. The molecule has 0 amide bonds. The Morgan fingerprint density at radius 3 is 2.67 bits per heavy atom. The monoisotopic (exact) mass is 312 g/mol. The summed E-state index contributed by atoms with van der Waals surface area (Å²) in [5, 5.41) is 0. The van der Waals surface area contributed by atoms with E-state index in [1.807, 2.05) is 6.92 Å². The van der Waals surface area contributed by atoms with Crippen molar-refractivity contribution < 1.29 is 13.2 Å². The molecule has 1 aromatic rings. The van der Waals surface area contributed by atoms with Crippen LogP contribution < -0.4 is 10.5 Å². The van der Waals surface area contributed by atoms with Gasteiger partial charge in [-0.05, 0) is 37.4 Å². The topological polar surface area (TPSA) is 72.6 Å². The number of ether oxygens (including phenoxy) is 1. The maximum absolute atomic E-state index is 13.0. The summed E-state index contributed by atoms with van der Waals surface area (Å²) in [5.41, 5.74) is 5.81. The minimum Gasteiger partial charge on any atom is -0.495 e. The van der Waals surface area contributed by atoms with Gasteiger partial charge in [0.25, 0.3) is 0 Å². The number of hydrogen-bond donors (Lipinski definition) is 1. The van der Waals surface area contributed by atoms with Gasteiger partial charge in [-0.1, -0.05) is 25.5 Å². The second kappa shape index (κ2) is 6.77. The van der Waals surface area contributed by atoms with Crippen molar-refractivity contribution in [2.75, 3.05) is 20.2 Å². The third-order valence-corrected chi connectivity index (χ3v) is 6.30. The first-order valence-corrected chi connectivity index (χ1v) is 8.85. The van der Waals surface area contributed by atoms with Crippen LogP contribution in [0.1, 0.15) is 26.2 Å². The molecule has 1 aromatic carbocycles. The summed E-state index contributed by atoms with van der Waals surface area (Å²) in [6, 6.07) is 6.76. The van der Waals surface area contributed by atoms with Gasteiger partial charge in [-0.15, -0.1) is 0 Å².